The summed E-state index contributed by atoms with van der Waals surface area (Å²) < 4.78 is 0. The number of carbonyl (C=O) groups is 6. The zero-order valence-electron chi connectivity index (χ0n) is 22.0. The summed E-state index contributed by atoms with van der Waals surface area (Å²) in [4.78, 5) is 73.7. The maximum atomic E-state index is 13.2. The third-order valence-corrected chi connectivity index (χ3v) is 6.17. The Morgan fingerprint density at radius 1 is 0.850 bits per heavy atom. The van der Waals surface area contributed by atoms with Crippen LogP contribution in [0.5, 0.6) is 5.75 Å². The molecule has 40 heavy (non-hydrogen) atoms. The number of hydrogen-bond acceptors (Lipinski definition) is 10. The summed E-state index contributed by atoms with van der Waals surface area (Å²) in [6.45, 7) is 0.510. The van der Waals surface area contributed by atoms with E-state index in [2.05, 4.69) is 21.3 Å². The van der Waals surface area contributed by atoms with Crippen molar-refractivity contribution >= 4 is 47.3 Å². The van der Waals surface area contributed by atoms with Crippen molar-refractivity contribution in [3.63, 3.8) is 0 Å². The molecule has 0 fully saturated rings. The Hall–Kier alpha value is -3.89. The molecule has 0 bridgehead atoms. The second-order valence-electron chi connectivity index (χ2n) is 8.79. The van der Waals surface area contributed by atoms with Crippen molar-refractivity contribution < 1.29 is 49.2 Å². The molecule has 0 saturated carbocycles. The second-order valence-corrected chi connectivity index (χ2v) is 9.78. The number of carbonyl (C=O) groups excluding carboxylic acids is 4. The van der Waals surface area contributed by atoms with Gasteiger partial charge >= 0.3 is 11.9 Å². The molecular formula is C24H35N5O10S. The number of nitrogens with two attached hydrogens (primary N) is 1. The van der Waals surface area contributed by atoms with Crippen LogP contribution in [0.4, 0.5) is 0 Å². The quantitative estimate of drug-likeness (QED) is 0.0921. The molecule has 0 unspecified atom stereocenters. The minimum Gasteiger partial charge on any atom is -0.508 e. The smallest absolute Gasteiger partial charge is 0.325 e. The van der Waals surface area contributed by atoms with Gasteiger partial charge in [0.15, 0.2) is 0 Å². The van der Waals surface area contributed by atoms with Crippen LogP contribution in [0.3, 0.4) is 0 Å². The molecule has 0 aromatic heterocycles. The first-order valence-corrected chi connectivity index (χ1v) is 13.5. The fourth-order valence-corrected chi connectivity index (χ4v) is 3.72. The van der Waals surface area contributed by atoms with Crippen LogP contribution in [0.2, 0.25) is 0 Å². The van der Waals surface area contributed by atoms with Crippen LogP contribution >= 0.6 is 11.8 Å². The molecule has 15 nitrogen and oxygen atoms in total. The van der Waals surface area contributed by atoms with E-state index >= 15 is 0 Å². The molecule has 16 heteroatoms. The Bertz CT molecular complexity index is 1050. The minimum atomic E-state index is -1.68. The Morgan fingerprint density at radius 3 is 1.90 bits per heavy atom. The number of carboxylic acid groups (broad SMARTS) is 2. The van der Waals surface area contributed by atoms with Gasteiger partial charge in [0.25, 0.3) is 0 Å². The van der Waals surface area contributed by atoms with Crippen molar-refractivity contribution in [2.75, 3.05) is 18.6 Å². The predicted octanol–water partition coefficient (Wildman–Crippen LogP) is -2.47. The van der Waals surface area contributed by atoms with Crippen LogP contribution < -0.4 is 27.0 Å². The van der Waals surface area contributed by atoms with Crippen LogP contribution in [0.25, 0.3) is 0 Å². The molecule has 0 aliphatic heterocycles. The highest BCUT2D eigenvalue weighted by molar-refractivity contribution is 7.98. The molecule has 0 radical (unpaired) electrons. The Balaban J connectivity index is 3.17. The minimum absolute atomic E-state index is 0.0490. The number of hydrogen-bond donors (Lipinski definition) is 9. The van der Waals surface area contributed by atoms with Crippen molar-refractivity contribution in [1.82, 2.24) is 21.3 Å². The molecule has 0 aliphatic carbocycles. The fraction of sp³-hybridized carbons (Fsp3) is 0.500. The molecule has 4 amide bonds. The Labute approximate surface area is 234 Å². The van der Waals surface area contributed by atoms with Crippen LogP contribution in [0.1, 0.15) is 25.3 Å². The highest BCUT2D eigenvalue weighted by Gasteiger charge is 2.32. The summed E-state index contributed by atoms with van der Waals surface area (Å²) in [6.07, 6.45) is 0.798. The van der Waals surface area contributed by atoms with Crippen LogP contribution in [0.15, 0.2) is 24.3 Å². The predicted molar refractivity (Wildman–Crippen MR) is 143 cm³/mol. The summed E-state index contributed by atoms with van der Waals surface area (Å²) in [6, 6.07) is -1.27. The largest absolute Gasteiger partial charge is 0.508 e. The van der Waals surface area contributed by atoms with Gasteiger partial charge in [-0.25, -0.2) is 0 Å². The topological polar surface area (TPSA) is 257 Å². The molecule has 0 saturated heterocycles. The van der Waals surface area contributed by atoms with Gasteiger partial charge in [-0.1, -0.05) is 12.1 Å². The number of phenolic OH excluding ortho intramolecular Hbond substituents is 1. The van der Waals surface area contributed by atoms with E-state index in [9.17, 15) is 44.1 Å². The normalized spacial score (nSPS) is 14.5. The fourth-order valence-electron chi connectivity index (χ4n) is 3.25. The van der Waals surface area contributed by atoms with Crippen molar-refractivity contribution in [3.8, 4) is 5.75 Å². The van der Waals surface area contributed by atoms with Gasteiger partial charge in [0.1, 0.15) is 36.0 Å². The summed E-state index contributed by atoms with van der Waals surface area (Å²) in [7, 11) is 0. The second kappa shape index (κ2) is 16.9. The van der Waals surface area contributed by atoms with E-state index in [1.165, 1.54) is 43.0 Å². The van der Waals surface area contributed by atoms with Crippen molar-refractivity contribution in [1.29, 1.82) is 0 Å². The number of thioether (sulfide) groups is 1. The summed E-state index contributed by atoms with van der Waals surface area (Å²) in [5.41, 5.74) is 6.01. The zero-order chi connectivity index (χ0) is 30.4. The maximum Gasteiger partial charge on any atom is 0.325 e. The SMILES string of the molecule is CSCC[C@H](NC(=O)[C@H](CC(=O)O)NC(=O)[C@H](Cc1ccc(O)cc1)NC(=O)[C@@H](N)CO)C(=O)N[C@@H](C)C(=O)O. The van der Waals surface area contributed by atoms with E-state index in [1.807, 2.05) is 0 Å². The zero-order valence-corrected chi connectivity index (χ0v) is 22.8. The number of aliphatic hydroxyl groups excluding tert-OH is 1. The molecule has 1 aromatic carbocycles. The lowest BCUT2D eigenvalue weighted by Gasteiger charge is -2.25. The first kappa shape index (κ1) is 34.1. The first-order valence-electron chi connectivity index (χ1n) is 12.1. The van der Waals surface area contributed by atoms with Crippen molar-refractivity contribution in [2.24, 2.45) is 5.73 Å². The third-order valence-electron chi connectivity index (χ3n) is 5.53. The van der Waals surface area contributed by atoms with Crippen LogP contribution in [-0.4, -0.2) is 105 Å². The van der Waals surface area contributed by atoms with Crippen LogP contribution in [0, 0.1) is 0 Å². The summed E-state index contributed by atoms with van der Waals surface area (Å²) >= 11 is 1.35. The van der Waals surface area contributed by atoms with E-state index in [0.29, 0.717) is 11.3 Å². The van der Waals surface area contributed by atoms with Gasteiger partial charge in [0, 0.05) is 6.42 Å². The number of carboxylic acids is 2. The lowest BCUT2D eigenvalue weighted by atomic mass is 10.0. The third kappa shape index (κ3) is 11.9. The van der Waals surface area contributed by atoms with Gasteiger partial charge in [-0.3, -0.25) is 28.8 Å². The number of phenols is 1. The summed E-state index contributed by atoms with van der Waals surface area (Å²) in [5.74, 6) is -6.10. The molecule has 10 N–H and O–H groups in total. The van der Waals surface area contributed by atoms with E-state index in [-0.39, 0.29) is 18.6 Å². The van der Waals surface area contributed by atoms with E-state index in [0.717, 1.165) is 0 Å². The van der Waals surface area contributed by atoms with Crippen molar-refractivity contribution in [3.05, 3.63) is 29.8 Å². The molecule has 0 aliphatic rings. The first-order chi connectivity index (χ1) is 18.8. The molecule has 1 aromatic rings. The van der Waals surface area contributed by atoms with Gasteiger partial charge in [-0.05, 0) is 43.0 Å². The van der Waals surface area contributed by atoms with Gasteiger partial charge < -0.3 is 47.4 Å². The monoisotopic (exact) mass is 585 g/mol. The van der Waals surface area contributed by atoms with E-state index in [1.54, 1.807) is 6.26 Å². The Kier molecular flexibility index (Phi) is 14.5. The van der Waals surface area contributed by atoms with Crippen LogP contribution in [-0.2, 0) is 35.2 Å². The molecule has 222 valence electrons. The molecule has 0 heterocycles. The number of aromatic hydroxyl groups is 1. The number of aliphatic carboxylic acids is 2. The lowest BCUT2D eigenvalue weighted by molar-refractivity contribution is -0.143. The highest BCUT2D eigenvalue weighted by Crippen LogP contribution is 2.12. The Morgan fingerprint density at radius 2 is 1.38 bits per heavy atom. The highest BCUT2D eigenvalue weighted by atomic mass is 32.2. The van der Waals surface area contributed by atoms with Gasteiger partial charge in [-0.2, -0.15) is 11.8 Å². The summed E-state index contributed by atoms with van der Waals surface area (Å²) in [5, 5.41) is 46.3. The van der Waals surface area contributed by atoms with Gasteiger partial charge in [-0.15, -0.1) is 0 Å². The van der Waals surface area contributed by atoms with E-state index < -0.39 is 78.8 Å². The number of aliphatic hydroxyl groups is 1. The molecule has 1 rings (SSSR count). The standard InChI is InChI=1S/C24H35N5O10S/c1-12(24(38)39)26-21(35)16(7-8-40-2)27-23(37)18(10-19(32)33)29-22(36)17(28-20(34)15(25)11-30)9-13-3-5-14(31)6-4-13/h3-6,12,15-18,30-31H,7-11,25H2,1-2H3,(H,26,35)(H,27,37)(H,28,34)(H,29,36)(H,32,33)(H,38,39)/t12-,15-,16-,17-,18-/m0/s1. The van der Waals surface area contributed by atoms with Gasteiger partial charge in [0.05, 0.1) is 13.0 Å². The molecular weight excluding hydrogens is 550 g/mol. The number of amides is 4. The average Bonchev–Trinajstić information content (AvgIpc) is 2.90. The molecule has 0 spiro atoms. The van der Waals surface area contributed by atoms with E-state index in [4.69, 9.17) is 10.8 Å². The number of nitrogens with one attached hydrogen (secondary N) is 4. The molecule has 5 atom stereocenters. The maximum absolute atomic E-state index is 13.2. The van der Waals surface area contributed by atoms with Gasteiger partial charge in [0.2, 0.25) is 23.6 Å². The number of benzene rings is 1. The number of rotatable bonds is 17. The average molecular weight is 586 g/mol. The lowest BCUT2D eigenvalue weighted by Crippen LogP contribution is -2.59. The van der Waals surface area contributed by atoms with Crippen molar-refractivity contribution in [2.45, 2.75) is 56.4 Å².